The third-order valence-corrected chi connectivity index (χ3v) is 12.8. The Morgan fingerprint density at radius 3 is 1.47 bits per heavy atom. The molecule has 0 heterocycles. The predicted molar refractivity (Wildman–Crippen MR) is 151 cm³/mol. The molecule has 5 rings (SSSR count). The maximum atomic E-state index is 14.6. The molecule has 4 aromatic carbocycles. The van der Waals surface area contributed by atoms with Gasteiger partial charge in [-0.3, -0.25) is 4.79 Å². The van der Waals surface area contributed by atoms with Gasteiger partial charge in [-0.15, -0.1) is 0 Å². The number of rotatable bonds is 6. The van der Waals surface area contributed by atoms with Gasteiger partial charge in [0.25, 0.3) is 5.91 Å². The van der Waals surface area contributed by atoms with Crippen molar-refractivity contribution in [3.63, 3.8) is 0 Å². The number of carbonyl (C=O) groups is 1. The first-order chi connectivity index (χ1) is 17.0. The Hall–Kier alpha value is -1.83. The van der Waals surface area contributed by atoms with E-state index in [1.165, 1.54) is 15.9 Å². The summed E-state index contributed by atoms with van der Waals surface area (Å²) in [6.45, 7) is 4.02. The van der Waals surface area contributed by atoms with Crippen LogP contribution in [-0.4, -0.2) is 11.1 Å². The molecule has 0 spiro atoms. The van der Waals surface area contributed by atoms with Crippen molar-refractivity contribution >= 4 is 46.4 Å². The molecule has 36 heavy (non-hydrogen) atoms. The van der Waals surface area contributed by atoms with Gasteiger partial charge >= 0.3 is 0 Å². The van der Waals surface area contributed by atoms with Crippen molar-refractivity contribution in [3.8, 4) is 0 Å². The zero-order valence-electron chi connectivity index (χ0n) is 20.7. The zero-order valence-corrected chi connectivity index (χ0v) is 25.2. The van der Waals surface area contributed by atoms with Crippen molar-refractivity contribution in [3.05, 3.63) is 119 Å². The summed E-state index contributed by atoms with van der Waals surface area (Å²) in [4.78, 5) is 14.6. The van der Waals surface area contributed by atoms with Gasteiger partial charge in [0.15, 0.2) is 5.16 Å². The first-order valence-corrected chi connectivity index (χ1v) is 14.3. The number of amides is 1. The number of nitrogens with one attached hydrogen (secondary N) is 1. The molecule has 1 aliphatic carbocycles. The Kier molecular flexibility index (Phi) is 8.53. The van der Waals surface area contributed by atoms with Crippen molar-refractivity contribution in [1.29, 1.82) is 0 Å². The fourth-order valence-electron chi connectivity index (χ4n) is 5.71. The van der Waals surface area contributed by atoms with E-state index in [2.05, 4.69) is 96.3 Å². The number of carbonyl (C=O) groups excluding carboxylic acids is 1. The van der Waals surface area contributed by atoms with E-state index in [9.17, 15) is 4.79 Å². The van der Waals surface area contributed by atoms with Crippen LogP contribution in [-0.2, 0) is 37.5 Å². The number of anilines is 1. The number of hydrogen-bond donors (Lipinski definition) is 1. The van der Waals surface area contributed by atoms with Gasteiger partial charge in [0.05, 0.1) is 0 Å². The molecule has 0 unspecified atom stereocenters. The van der Waals surface area contributed by atoms with Crippen LogP contribution in [0.1, 0.15) is 30.4 Å². The van der Waals surface area contributed by atoms with Gasteiger partial charge in [-0.1, -0.05) is 66.2 Å². The normalized spacial score (nSPS) is 14.3. The second-order valence-corrected chi connectivity index (χ2v) is 13.6. The molecule has 0 aliphatic heterocycles. The Labute approximate surface area is 245 Å². The Bertz CT molecular complexity index is 1220. The van der Waals surface area contributed by atoms with Gasteiger partial charge in [-0.2, -0.15) is 0 Å². The van der Waals surface area contributed by atoms with Gasteiger partial charge in [0.1, 0.15) is 23.2 Å². The van der Waals surface area contributed by atoms with Crippen LogP contribution < -0.4 is 21.2 Å². The summed E-state index contributed by atoms with van der Waals surface area (Å²) >= 11 is 6.29. The summed E-state index contributed by atoms with van der Waals surface area (Å²) in [6, 6.07) is 36.0. The summed E-state index contributed by atoms with van der Waals surface area (Å²) in [5.41, 5.74) is 2.85. The molecule has 0 aromatic heterocycles. The Morgan fingerprint density at radius 2 is 1.14 bits per heavy atom. The second kappa shape index (κ2) is 11.3. The average Bonchev–Trinajstić information content (AvgIpc) is 2.85. The van der Waals surface area contributed by atoms with Gasteiger partial charge in [0, 0.05) is 43.4 Å². The summed E-state index contributed by atoms with van der Waals surface area (Å²) in [6.07, 6.45) is 2.76. The van der Waals surface area contributed by atoms with Crippen molar-refractivity contribution in [1.82, 2.24) is 0 Å². The molecule has 1 radical (unpaired) electrons. The van der Waals surface area contributed by atoms with Crippen LogP contribution in [0.15, 0.2) is 103 Å². The van der Waals surface area contributed by atoms with Crippen LogP contribution in [0.5, 0.6) is 0 Å². The van der Waals surface area contributed by atoms with Crippen LogP contribution >= 0.6 is 18.9 Å². The third kappa shape index (κ3) is 4.52. The number of benzene rings is 4. The van der Waals surface area contributed by atoms with E-state index in [0.717, 1.165) is 36.1 Å². The van der Waals surface area contributed by atoms with Gasteiger partial charge in [-0.05, 0) is 92.8 Å². The summed E-state index contributed by atoms with van der Waals surface area (Å²) < 4.78 is 0. The molecule has 179 valence electrons. The molecule has 5 heteroatoms. The SMILES string of the molecule is Cc1cc(Cl)cc(C)c1NC(=O)C1([P+](c2ccccc2)(c2ccccc2)c2ccccc2)CCC1.[Y]. The van der Waals surface area contributed by atoms with Crippen LogP contribution in [0.25, 0.3) is 0 Å². The minimum Gasteiger partial charge on any atom is -0.322 e. The largest absolute Gasteiger partial charge is 0.322 e. The predicted octanol–water partition coefficient (Wildman–Crippen LogP) is 6.81. The van der Waals surface area contributed by atoms with Crippen LogP contribution in [0.4, 0.5) is 5.69 Å². The summed E-state index contributed by atoms with van der Waals surface area (Å²) in [7, 11) is -2.36. The zero-order chi connectivity index (χ0) is 24.5. The molecule has 1 amide bonds. The number of aryl methyl sites for hydroxylation is 2. The van der Waals surface area contributed by atoms with Gasteiger partial charge in [-0.25, -0.2) is 0 Å². The first-order valence-electron chi connectivity index (χ1n) is 12.1. The molecule has 1 aliphatic rings. The number of halogens is 1. The molecule has 0 atom stereocenters. The molecule has 0 bridgehead atoms. The van der Waals surface area contributed by atoms with Crippen LogP contribution in [0, 0.1) is 13.8 Å². The Balaban J connectivity index is 0.00000304. The minimum absolute atomic E-state index is 0. The van der Waals surface area contributed by atoms with E-state index >= 15 is 0 Å². The van der Waals surface area contributed by atoms with E-state index in [0.29, 0.717) is 5.02 Å². The fourth-order valence-corrected chi connectivity index (χ4v) is 11.6. The molecule has 0 saturated heterocycles. The van der Waals surface area contributed by atoms with Crippen molar-refractivity contribution < 1.29 is 37.5 Å². The third-order valence-electron chi connectivity index (χ3n) is 7.41. The number of hydrogen-bond acceptors (Lipinski definition) is 1. The second-order valence-electron chi connectivity index (χ2n) is 9.43. The van der Waals surface area contributed by atoms with Crippen molar-refractivity contribution in [2.24, 2.45) is 0 Å². The van der Waals surface area contributed by atoms with E-state index in [-0.39, 0.29) is 38.6 Å². The summed E-state index contributed by atoms with van der Waals surface area (Å²) in [5.74, 6) is 0.113. The first kappa shape index (κ1) is 27.2. The van der Waals surface area contributed by atoms with Gasteiger partial charge in [0.2, 0.25) is 0 Å². The van der Waals surface area contributed by atoms with E-state index in [1.54, 1.807) is 0 Å². The van der Waals surface area contributed by atoms with Crippen molar-refractivity contribution in [2.45, 2.75) is 38.3 Å². The Morgan fingerprint density at radius 1 is 0.750 bits per heavy atom. The maximum Gasteiger partial charge on any atom is 0.269 e. The van der Waals surface area contributed by atoms with E-state index in [1.807, 2.05) is 26.0 Å². The molecule has 2 nitrogen and oxygen atoms in total. The van der Waals surface area contributed by atoms with E-state index in [4.69, 9.17) is 11.6 Å². The summed E-state index contributed by atoms with van der Waals surface area (Å²) in [5, 5.41) is 7.29. The molecule has 4 aromatic rings. The quantitative estimate of drug-likeness (QED) is 0.247. The monoisotopic (exact) mass is 587 g/mol. The maximum absolute atomic E-state index is 14.6. The topological polar surface area (TPSA) is 29.1 Å². The molecule has 1 saturated carbocycles. The van der Waals surface area contributed by atoms with Crippen LogP contribution in [0.3, 0.4) is 0 Å². The van der Waals surface area contributed by atoms with E-state index < -0.39 is 12.4 Å². The van der Waals surface area contributed by atoms with Crippen LogP contribution in [0.2, 0.25) is 5.02 Å². The fraction of sp³-hybridized carbons (Fsp3) is 0.194. The standard InChI is InChI=1S/C31H29ClNOP.Y/c1-23-21-25(32)22-24(2)29(23)33-30(34)31(19-12-20-31)35(26-13-6-3-7-14-26,27-15-8-4-9-16-27)28-17-10-5-11-18-28;/h3-11,13-18,21-22H,12,19-20H2,1-2H3;/p+1. The molecular weight excluding hydrogens is 558 g/mol. The molecule has 1 fully saturated rings. The van der Waals surface area contributed by atoms with Crippen molar-refractivity contribution in [2.75, 3.05) is 5.32 Å². The van der Waals surface area contributed by atoms with Gasteiger partial charge < -0.3 is 5.32 Å². The molecular formula is C31H30ClNOPY+. The molecule has 1 N–H and O–H groups in total. The smallest absolute Gasteiger partial charge is 0.269 e. The minimum atomic E-state index is -2.36. The average molecular weight is 588 g/mol.